The van der Waals surface area contributed by atoms with Crippen LogP contribution in [0, 0.1) is 5.92 Å². The highest BCUT2D eigenvalue weighted by atomic mass is 16.4. The molecule has 0 saturated carbocycles. The van der Waals surface area contributed by atoms with Crippen molar-refractivity contribution in [3.05, 3.63) is 72.6 Å². The number of aromatic amines is 2. The van der Waals surface area contributed by atoms with E-state index in [2.05, 4.69) is 56.3 Å². The van der Waals surface area contributed by atoms with Crippen LogP contribution >= 0.6 is 0 Å². The van der Waals surface area contributed by atoms with Crippen LogP contribution < -0.4 is 5.73 Å². The van der Waals surface area contributed by atoms with Gasteiger partial charge in [0.1, 0.15) is 11.6 Å². The first-order chi connectivity index (χ1) is 20.3. The summed E-state index contributed by atoms with van der Waals surface area (Å²) in [6.45, 7) is 5.19. The van der Waals surface area contributed by atoms with Crippen molar-refractivity contribution in [3.63, 3.8) is 0 Å². The summed E-state index contributed by atoms with van der Waals surface area (Å²) in [6, 6.07) is 15.8. The normalized spacial score (nSPS) is 19.5. The molecule has 2 saturated heterocycles. The predicted molar refractivity (Wildman–Crippen MR) is 160 cm³/mol. The topological polar surface area (TPSA) is 144 Å². The molecule has 2 aliphatic rings. The molecule has 5 N–H and O–H groups in total. The highest BCUT2D eigenvalue weighted by Gasteiger charge is 2.35. The Labute approximate surface area is 245 Å². The molecule has 42 heavy (non-hydrogen) atoms. The van der Waals surface area contributed by atoms with Gasteiger partial charge >= 0.3 is 6.09 Å². The molecule has 0 spiro atoms. The third-order valence-corrected chi connectivity index (χ3v) is 8.59. The molecule has 0 radical (unpaired) electrons. The van der Waals surface area contributed by atoms with E-state index in [1.165, 1.54) is 4.90 Å². The molecule has 2 aromatic carbocycles. The molecule has 2 aliphatic heterocycles. The molecule has 10 nitrogen and oxygen atoms in total. The standard InChI is InChI=1S/C32H37N7O3/c1-19(2)28(33)31(40)38-15-3-5-26(38)29-34-17-24(36-29)22-11-7-20(8-12-22)21-9-13-23(14-10-21)25-18-35-30(37-25)27-6-4-16-39(27)32(41)42/h7-14,17-19,26-28H,3-6,15-16,33H2,1-2H3,(H,34,36)(H,35,37)(H,41,42)/t26-,27?,28+/m0/s1. The summed E-state index contributed by atoms with van der Waals surface area (Å²) in [6.07, 6.45) is 6.14. The Morgan fingerprint density at radius 1 is 0.786 bits per heavy atom. The average molecular weight is 568 g/mol. The van der Waals surface area contributed by atoms with E-state index in [9.17, 15) is 14.7 Å². The summed E-state index contributed by atoms with van der Waals surface area (Å²) in [5.74, 6) is 1.58. The van der Waals surface area contributed by atoms with E-state index < -0.39 is 12.1 Å². The number of carbonyl (C=O) groups excluding carboxylic acids is 1. The van der Waals surface area contributed by atoms with Crippen molar-refractivity contribution in [1.82, 2.24) is 29.7 Å². The second-order valence-electron chi connectivity index (χ2n) is 11.6. The second kappa shape index (κ2) is 11.4. The predicted octanol–water partition coefficient (Wildman–Crippen LogP) is 5.60. The number of H-pyrrole nitrogens is 2. The first-order valence-corrected chi connectivity index (χ1v) is 14.7. The minimum Gasteiger partial charge on any atom is -0.465 e. The van der Waals surface area contributed by atoms with Gasteiger partial charge in [-0.1, -0.05) is 62.4 Å². The number of nitrogens with zero attached hydrogens (tertiary/aromatic N) is 4. The summed E-state index contributed by atoms with van der Waals surface area (Å²) < 4.78 is 0. The van der Waals surface area contributed by atoms with Gasteiger partial charge in [-0.2, -0.15) is 0 Å². The smallest absolute Gasteiger partial charge is 0.407 e. The summed E-state index contributed by atoms with van der Waals surface area (Å²) >= 11 is 0. The lowest BCUT2D eigenvalue weighted by Crippen LogP contribution is -2.46. The molecule has 2 aromatic heterocycles. The lowest BCUT2D eigenvalue weighted by atomic mass is 10.0. The number of likely N-dealkylation sites (tertiary alicyclic amines) is 2. The zero-order valence-corrected chi connectivity index (χ0v) is 24.0. The highest BCUT2D eigenvalue weighted by Crippen LogP contribution is 2.34. The number of amides is 2. The van der Waals surface area contributed by atoms with Crippen LogP contribution in [0.15, 0.2) is 60.9 Å². The summed E-state index contributed by atoms with van der Waals surface area (Å²) in [4.78, 5) is 43.7. The number of carboxylic acid groups (broad SMARTS) is 1. The molecule has 2 amide bonds. The van der Waals surface area contributed by atoms with E-state index in [1.54, 1.807) is 6.20 Å². The van der Waals surface area contributed by atoms with Gasteiger partial charge in [0.05, 0.1) is 41.9 Å². The largest absolute Gasteiger partial charge is 0.465 e. The van der Waals surface area contributed by atoms with Crippen LogP contribution in [0.2, 0.25) is 0 Å². The number of imidazole rings is 2. The van der Waals surface area contributed by atoms with Crippen LogP contribution in [0.5, 0.6) is 0 Å². The number of nitrogens with one attached hydrogen (secondary N) is 2. The Morgan fingerprint density at radius 2 is 1.21 bits per heavy atom. The fourth-order valence-electron chi connectivity index (χ4n) is 6.06. The van der Waals surface area contributed by atoms with Gasteiger partial charge in [-0.3, -0.25) is 9.69 Å². The Balaban J connectivity index is 1.13. The van der Waals surface area contributed by atoms with Crippen molar-refractivity contribution in [2.75, 3.05) is 13.1 Å². The zero-order chi connectivity index (χ0) is 29.4. The van der Waals surface area contributed by atoms with Crippen LogP contribution in [-0.4, -0.2) is 66.0 Å². The molecular formula is C32H37N7O3. The Morgan fingerprint density at radius 3 is 1.67 bits per heavy atom. The monoisotopic (exact) mass is 567 g/mol. The SMILES string of the molecule is CC(C)[C@@H](N)C(=O)N1CCC[C@H]1c1ncc(-c2ccc(-c3ccc(-c4cnc(C5CCCN5C(=O)O)[nH]4)cc3)cc2)[nH]1. The lowest BCUT2D eigenvalue weighted by molar-refractivity contribution is -0.134. The number of aromatic nitrogens is 4. The molecule has 4 heterocycles. The summed E-state index contributed by atoms with van der Waals surface area (Å²) in [5.41, 5.74) is 12.1. The van der Waals surface area contributed by atoms with E-state index in [0.717, 1.165) is 65.1 Å². The first kappa shape index (κ1) is 27.7. The van der Waals surface area contributed by atoms with Gasteiger partial charge in [-0.05, 0) is 53.9 Å². The summed E-state index contributed by atoms with van der Waals surface area (Å²) in [7, 11) is 0. The highest BCUT2D eigenvalue weighted by molar-refractivity contribution is 5.82. The molecule has 0 bridgehead atoms. The molecule has 4 aromatic rings. The maximum absolute atomic E-state index is 12.9. The lowest BCUT2D eigenvalue weighted by Gasteiger charge is -2.27. The average Bonchev–Trinajstić information content (AvgIpc) is 3.82. The van der Waals surface area contributed by atoms with Crippen molar-refractivity contribution in [3.8, 4) is 33.6 Å². The van der Waals surface area contributed by atoms with Gasteiger partial charge in [0.15, 0.2) is 0 Å². The van der Waals surface area contributed by atoms with E-state index in [1.807, 2.05) is 37.1 Å². The molecule has 2 fully saturated rings. The number of hydrogen-bond donors (Lipinski definition) is 4. The minimum atomic E-state index is -0.905. The molecular weight excluding hydrogens is 530 g/mol. The molecule has 10 heteroatoms. The zero-order valence-electron chi connectivity index (χ0n) is 24.0. The Kier molecular flexibility index (Phi) is 7.55. The van der Waals surface area contributed by atoms with Crippen LogP contribution in [0.3, 0.4) is 0 Å². The third kappa shape index (κ3) is 5.30. The second-order valence-corrected chi connectivity index (χ2v) is 11.6. The molecule has 1 unspecified atom stereocenters. The molecule has 6 rings (SSSR count). The van der Waals surface area contributed by atoms with Gasteiger partial charge in [0.2, 0.25) is 5.91 Å². The number of nitrogens with two attached hydrogens (primary N) is 1. The van der Waals surface area contributed by atoms with Crippen molar-refractivity contribution in [2.45, 2.75) is 57.7 Å². The van der Waals surface area contributed by atoms with E-state index in [-0.39, 0.29) is 23.9 Å². The molecule has 0 aliphatic carbocycles. The quantitative estimate of drug-likeness (QED) is 0.229. The van der Waals surface area contributed by atoms with Crippen molar-refractivity contribution < 1.29 is 14.7 Å². The van der Waals surface area contributed by atoms with E-state index >= 15 is 0 Å². The third-order valence-electron chi connectivity index (χ3n) is 8.59. The van der Waals surface area contributed by atoms with Crippen molar-refractivity contribution in [1.29, 1.82) is 0 Å². The fourth-order valence-corrected chi connectivity index (χ4v) is 6.06. The van der Waals surface area contributed by atoms with Gasteiger partial charge in [-0.25, -0.2) is 14.8 Å². The van der Waals surface area contributed by atoms with Gasteiger partial charge in [0, 0.05) is 13.1 Å². The van der Waals surface area contributed by atoms with E-state index in [0.29, 0.717) is 18.9 Å². The van der Waals surface area contributed by atoms with Crippen molar-refractivity contribution in [2.24, 2.45) is 11.7 Å². The Bertz CT molecular complexity index is 1560. The van der Waals surface area contributed by atoms with Crippen molar-refractivity contribution >= 4 is 12.0 Å². The maximum atomic E-state index is 12.9. The summed E-state index contributed by atoms with van der Waals surface area (Å²) in [5, 5.41) is 9.46. The minimum absolute atomic E-state index is 0.00700. The number of benzene rings is 2. The van der Waals surface area contributed by atoms with Crippen LogP contribution in [-0.2, 0) is 4.79 Å². The number of hydrogen-bond acceptors (Lipinski definition) is 5. The van der Waals surface area contributed by atoms with Gasteiger partial charge in [-0.15, -0.1) is 0 Å². The van der Waals surface area contributed by atoms with Crippen LogP contribution in [0.25, 0.3) is 33.6 Å². The number of carbonyl (C=O) groups is 2. The molecule has 218 valence electrons. The van der Waals surface area contributed by atoms with Gasteiger partial charge < -0.3 is 25.7 Å². The Hall–Kier alpha value is -4.44. The van der Waals surface area contributed by atoms with Gasteiger partial charge in [0.25, 0.3) is 0 Å². The van der Waals surface area contributed by atoms with Crippen LogP contribution in [0.4, 0.5) is 4.79 Å². The maximum Gasteiger partial charge on any atom is 0.407 e. The molecule has 3 atom stereocenters. The fraction of sp³-hybridized carbons (Fsp3) is 0.375. The van der Waals surface area contributed by atoms with E-state index in [4.69, 9.17) is 5.73 Å². The number of rotatable bonds is 7. The first-order valence-electron chi connectivity index (χ1n) is 14.7. The van der Waals surface area contributed by atoms with Crippen LogP contribution in [0.1, 0.15) is 63.3 Å².